The van der Waals surface area contributed by atoms with Gasteiger partial charge in [0.05, 0.1) is 11.8 Å². The van der Waals surface area contributed by atoms with Crippen LogP contribution < -0.4 is 10.1 Å². The molecule has 1 saturated heterocycles. The first-order chi connectivity index (χ1) is 13.8. The van der Waals surface area contributed by atoms with Crippen LogP contribution in [-0.2, 0) is 23.9 Å². The number of hydrogen-bond donors (Lipinski definition) is 1. The maximum atomic E-state index is 12.3. The van der Waals surface area contributed by atoms with Gasteiger partial charge >= 0.3 is 12.6 Å². The van der Waals surface area contributed by atoms with Crippen LogP contribution in [0.5, 0.6) is 5.75 Å². The average Bonchev–Trinajstić information content (AvgIpc) is 2.93. The van der Waals surface area contributed by atoms with Gasteiger partial charge in [-0.05, 0) is 37.1 Å². The SMILES string of the molecule is O=C(COC(=O)CN1C(=O)[C@H]2CCCC[C@@H]2C1=O)Nc1ccc(OC(F)F)cc1. The lowest BCUT2D eigenvalue weighted by atomic mass is 9.81. The highest BCUT2D eigenvalue weighted by Crippen LogP contribution is 2.37. The highest BCUT2D eigenvalue weighted by atomic mass is 19.3. The molecule has 1 saturated carbocycles. The Morgan fingerprint density at radius 3 is 2.21 bits per heavy atom. The number of esters is 1. The molecular formula is C19H20F2N2O6. The van der Waals surface area contributed by atoms with Crippen molar-refractivity contribution in [3.63, 3.8) is 0 Å². The zero-order valence-electron chi connectivity index (χ0n) is 15.4. The van der Waals surface area contributed by atoms with Crippen LogP contribution in [0.4, 0.5) is 14.5 Å². The van der Waals surface area contributed by atoms with Crippen molar-refractivity contribution < 1.29 is 37.4 Å². The molecule has 0 unspecified atom stereocenters. The number of halogens is 2. The first kappa shape index (κ1) is 20.7. The fourth-order valence-corrected chi connectivity index (χ4v) is 3.62. The van der Waals surface area contributed by atoms with Crippen molar-refractivity contribution in [1.82, 2.24) is 4.90 Å². The molecule has 29 heavy (non-hydrogen) atoms. The molecule has 2 aliphatic rings. The Morgan fingerprint density at radius 1 is 1.07 bits per heavy atom. The summed E-state index contributed by atoms with van der Waals surface area (Å²) >= 11 is 0. The van der Waals surface area contributed by atoms with E-state index < -0.39 is 31.6 Å². The summed E-state index contributed by atoms with van der Waals surface area (Å²) in [5.41, 5.74) is 0.293. The van der Waals surface area contributed by atoms with E-state index in [0.29, 0.717) is 18.5 Å². The molecule has 1 aliphatic carbocycles. The number of hydrogen-bond acceptors (Lipinski definition) is 6. The Balaban J connectivity index is 1.45. The van der Waals surface area contributed by atoms with Crippen LogP contribution in [0.25, 0.3) is 0 Å². The van der Waals surface area contributed by atoms with Crippen LogP contribution in [0.1, 0.15) is 25.7 Å². The van der Waals surface area contributed by atoms with Crippen LogP contribution in [-0.4, -0.2) is 48.4 Å². The summed E-state index contributed by atoms with van der Waals surface area (Å²) in [7, 11) is 0. The van der Waals surface area contributed by atoms with Gasteiger partial charge in [0, 0.05) is 5.69 Å². The Labute approximate surface area is 165 Å². The lowest BCUT2D eigenvalue weighted by molar-refractivity contribution is -0.154. The third-order valence-corrected chi connectivity index (χ3v) is 4.95. The van der Waals surface area contributed by atoms with E-state index >= 15 is 0 Å². The quantitative estimate of drug-likeness (QED) is 0.545. The minimum atomic E-state index is -2.95. The predicted octanol–water partition coefficient (Wildman–Crippen LogP) is 1.94. The molecule has 3 rings (SSSR count). The molecule has 8 nitrogen and oxygen atoms in total. The van der Waals surface area contributed by atoms with E-state index in [1.165, 1.54) is 24.3 Å². The van der Waals surface area contributed by atoms with Crippen molar-refractivity contribution in [3.05, 3.63) is 24.3 Å². The van der Waals surface area contributed by atoms with Gasteiger partial charge in [0.15, 0.2) is 6.61 Å². The van der Waals surface area contributed by atoms with Crippen LogP contribution in [0.15, 0.2) is 24.3 Å². The predicted molar refractivity (Wildman–Crippen MR) is 94.8 cm³/mol. The average molecular weight is 410 g/mol. The first-order valence-corrected chi connectivity index (χ1v) is 9.20. The number of amides is 3. The minimum absolute atomic E-state index is 0.0649. The van der Waals surface area contributed by atoms with Crippen molar-refractivity contribution in [2.24, 2.45) is 11.8 Å². The molecule has 2 atom stereocenters. The van der Waals surface area contributed by atoms with E-state index in [4.69, 9.17) is 4.74 Å². The lowest BCUT2D eigenvalue weighted by Gasteiger charge is -2.19. The van der Waals surface area contributed by atoms with Gasteiger partial charge in [-0.15, -0.1) is 0 Å². The summed E-state index contributed by atoms with van der Waals surface area (Å²) in [6, 6.07) is 5.19. The normalized spacial score (nSPS) is 21.1. The Morgan fingerprint density at radius 2 is 1.66 bits per heavy atom. The number of likely N-dealkylation sites (tertiary alicyclic amines) is 1. The molecule has 0 aromatic heterocycles. The zero-order chi connectivity index (χ0) is 21.0. The standard InChI is InChI=1S/C19H20F2N2O6/c20-19(21)29-12-7-5-11(6-8-12)22-15(24)10-28-16(25)9-23-17(26)13-3-1-2-4-14(13)18(23)27/h5-8,13-14,19H,1-4,9-10H2,(H,22,24)/t13-,14-/m0/s1. The molecule has 1 aromatic carbocycles. The molecule has 2 fully saturated rings. The topological polar surface area (TPSA) is 102 Å². The monoisotopic (exact) mass is 410 g/mol. The molecule has 1 aromatic rings. The number of rotatable bonds is 7. The molecule has 156 valence electrons. The van der Waals surface area contributed by atoms with Gasteiger partial charge in [-0.1, -0.05) is 12.8 Å². The lowest BCUT2D eigenvalue weighted by Crippen LogP contribution is -2.37. The molecule has 0 radical (unpaired) electrons. The Hall–Kier alpha value is -3.04. The second kappa shape index (κ2) is 8.97. The summed E-state index contributed by atoms with van der Waals surface area (Å²) in [4.78, 5) is 49.4. The number of alkyl halides is 2. The largest absolute Gasteiger partial charge is 0.454 e. The molecular weight excluding hydrogens is 390 g/mol. The van der Waals surface area contributed by atoms with Gasteiger partial charge < -0.3 is 14.8 Å². The van der Waals surface area contributed by atoms with Crippen LogP contribution in [0, 0.1) is 11.8 Å². The van der Waals surface area contributed by atoms with Gasteiger partial charge in [0.2, 0.25) is 11.8 Å². The molecule has 0 spiro atoms. The van der Waals surface area contributed by atoms with E-state index in [0.717, 1.165) is 17.7 Å². The summed E-state index contributed by atoms with van der Waals surface area (Å²) in [5.74, 6) is -3.01. The first-order valence-electron chi connectivity index (χ1n) is 9.20. The number of carbonyl (C=O) groups is 4. The summed E-state index contributed by atoms with van der Waals surface area (Å²) in [6.07, 6.45) is 3.05. The van der Waals surface area contributed by atoms with Crippen LogP contribution in [0.3, 0.4) is 0 Å². The molecule has 10 heteroatoms. The smallest absolute Gasteiger partial charge is 0.387 e. The summed E-state index contributed by atoms with van der Waals surface area (Å²) < 4.78 is 33.2. The number of nitrogens with zero attached hydrogens (tertiary/aromatic N) is 1. The minimum Gasteiger partial charge on any atom is -0.454 e. The summed E-state index contributed by atoms with van der Waals surface area (Å²) in [6.45, 7) is -4.08. The number of fused-ring (bicyclic) bond motifs is 1. The van der Waals surface area contributed by atoms with E-state index in [2.05, 4.69) is 10.1 Å². The molecule has 1 aliphatic heterocycles. The number of benzene rings is 1. The van der Waals surface area contributed by atoms with Gasteiger partial charge in [-0.3, -0.25) is 24.1 Å². The molecule has 0 bridgehead atoms. The maximum Gasteiger partial charge on any atom is 0.387 e. The van der Waals surface area contributed by atoms with E-state index in [9.17, 15) is 28.0 Å². The van der Waals surface area contributed by atoms with Gasteiger partial charge in [-0.25, -0.2) is 0 Å². The Kier molecular flexibility index (Phi) is 6.40. The summed E-state index contributed by atoms with van der Waals surface area (Å²) in [5, 5.41) is 2.42. The maximum absolute atomic E-state index is 12.3. The third-order valence-electron chi connectivity index (χ3n) is 4.95. The van der Waals surface area contributed by atoms with Gasteiger partial charge in [0.25, 0.3) is 5.91 Å². The number of imide groups is 1. The molecule has 3 amide bonds. The van der Waals surface area contributed by atoms with Crippen LogP contribution in [0.2, 0.25) is 0 Å². The van der Waals surface area contributed by atoms with Crippen molar-refractivity contribution in [3.8, 4) is 5.75 Å². The fourth-order valence-electron chi connectivity index (χ4n) is 3.62. The van der Waals surface area contributed by atoms with Crippen molar-refractivity contribution in [2.45, 2.75) is 32.3 Å². The van der Waals surface area contributed by atoms with Crippen LogP contribution >= 0.6 is 0 Å². The zero-order valence-corrected chi connectivity index (χ0v) is 15.4. The van der Waals surface area contributed by atoms with Gasteiger partial charge in [-0.2, -0.15) is 8.78 Å². The van der Waals surface area contributed by atoms with E-state index in [-0.39, 0.29) is 29.4 Å². The number of anilines is 1. The third kappa shape index (κ3) is 5.07. The fraction of sp³-hybridized carbons (Fsp3) is 0.474. The second-order valence-corrected chi connectivity index (χ2v) is 6.87. The number of carbonyl (C=O) groups excluding carboxylic acids is 4. The van der Waals surface area contributed by atoms with Crippen molar-refractivity contribution in [2.75, 3.05) is 18.5 Å². The van der Waals surface area contributed by atoms with E-state index in [1.54, 1.807) is 0 Å². The molecule has 1 heterocycles. The number of ether oxygens (including phenoxy) is 2. The second-order valence-electron chi connectivity index (χ2n) is 6.87. The van der Waals surface area contributed by atoms with Crippen molar-refractivity contribution >= 4 is 29.4 Å². The highest BCUT2D eigenvalue weighted by Gasteiger charge is 2.48. The van der Waals surface area contributed by atoms with Crippen molar-refractivity contribution in [1.29, 1.82) is 0 Å². The number of nitrogens with one attached hydrogen (secondary N) is 1. The van der Waals surface area contributed by atoms with Gasteiger partial charge in [0.1, 0.15) is 12.3 Å². The Bertz CT molecular complexity index is 774. The molecule has 1 N–H and O–H groups in total. The highest BCUT2D eigenvalue weighted by molar-refractivity contribution is 6.07. The van der Waals surface area contributed by atoms with E-state index in [1.807, 2.05) is 0 Å².